The molecule has 31 heavy (non-hydrogen) atoms. The third-order valence-electron chi connectivity index (χ3n) is 6.95. The first-order valence-electron chi connectivity index (χ1n) is 11.3. The first-order chi connectivity index (χ1) is 14.9. The predicted molar refractivity (Wildman–Crippen MR) is 134 cm³/mol. The minimum Gasteiger partial charge on any atom is -0.358 e. The van der Waals surface area contributed by atoms with Gasteiger partial charge >= 0.3 is 0 Å². The van der Waals surface area contributed by atoms with Gasteiger partial charge in [-0.15, -0.1) is 0 Å². The summed E-state index contributed by atoms with van der Waals surface area (Å²) in [4.78, 5) is 2.66. The molecule has 1 atom stereocenters. The number of rotatable bonds is 5. The van der Waals surface area contributed by atoms with Gasteiger partial charge in [-0.3, -0.25) is 4.90 Å². The molecule has 2 aliphatic rings. The van der Waals surface area contributed by atoms with Gasteiger partial charge in [0.25, 0.3) is 0 Å². The molecule has 2 nitrogen and oxygen atoms in total. The van der Waals surface area contributed by atoms with Gasteiger partial charge in [-0.05, 0) is 69.2 Å². The number of allylic oxidation sites excluding steroid dienone is 1. The Morgan fingerprint density at radius 3 is 2.65 bits per heavy atom. The van der Waals surface area contributed by atoms with Crippen molar-refractivity contribution in [2.45, 2.75) is 58.4 Å². The quantitative estimate of drug-likeness (QED) is 0.510. The Morgan fingerprint density at radius 1 is 1.10 bits per heavy atom. The van der Waals surface area contributed by atoms with Crippen molar-refractivity contribution in [3.05, 3.63) is 86.5 Å². The van der Waals surface area contributed by atoms with Crippen molar-refractivity contribution in [3.8, 4) is 0 Å². The topological polar surface area (TPSA) is 15.3 Å². The first kappa shape index (κ1) is 22.5. The van der Waals surface area contributed by atoms with E-state index in [-0.39, 0.29) is 5.54 Å². The highest BCUT2D eigenvalue weighted by Crippen LogP contribution is 2.38. The Labute approximate surface area is 196 Å². The molecular weight excluding hydrogens is 423 g/mol. The van der Waals surface area contributed by atoms with E-state index < -0.39 is 0 Å². The predicted octanol–water partition coefficient (Wildman–Crippen LogP) is 7.26. The maximum Gasteiger partial charge on any atom is 0.0499 e. The Morgan fingerprint density at radius 2 is 1.87 bits per heavy atom. The van der Waals surface area contributed by atoms with Gasteiger partial charge in [0.1, 0.15) is 0 Å². The number of hydrogen-bond acceptors (Lipinski definition) is 2. The summed E-state index contributed by atoms with van der Waals surface area (Å²) < 4.78 is 0. The molecule has 1 heterocycles. The lowest BCUT2D eigenvalue weighted by atomic mass is 9.77. The van der Waals surface area contributed by atoms with Crippen LogP contribution in [0.3, 0.4) is 0 Å². The Balaban J connectivity index is 1.57. The van der Waals surface area contributed by atoms with E-state index in [1.54, 1.807) is 0 Å². The van der Waals surface area contributed by atoms with Crippen LogP contribution in [-0.2, 0) is 12.8 Å². The molecule has 0 radical (unpaired) electrons. The SMILES string of the molecule is CC/C=C(/NC1=C(C)CCN(C2(C)CCc3cccc(Cl)c3C2)C1)c1ccccc1Cl. The Hall–Kier alpha value is -1.74. The van der Waals surface area contributed by atoms with Crippen LogP contribution in [0.1, 0.15) is 56.7 Å². The molecule has 2 aromatic rings. The number of fused-ring (bicyclic) bond motifs is 1. The fraction of sp³-hybridized carbons (Fsp3) is 0.407. The van der Waals surface area contributed by atoms with Gasteiger partial charge in [-0.2, -0.15) is 0 Å². The van der Waals surface area contributed by atoms with Crippen LogP contribution >= 0.6 is 23.2 Å². The number of halogens is 2. The van der Waals surface area contributed by atoms with Gasteiger partial charge in [-0.1, -0.05) is 72.1 Å². The van der Waals surface area contributed by atoms with Gasteiger partial charge in [0.2, 0.25) is 0 Å². The summed E-state index contributed by atoms with van der Waals surface area (Å²) in [6.07, 6.45) is 7.53. The summed E-state index contributed by atoms with van der Waals surface area (Å²) in [5, 5.41) is 5.47. The molecule has 0 aromatic heterocycles. The highest BCUT2D eigenvalue weighted by Gasteiger charge is 2.38. The maximum absolute atomic E-state index is 6.59. The van der Waals surface area contributed by atoms with Crippen molar-refractivity contribution >= 4 is 28.9 Å². The van der Waals surface area contributed by atoms with E-state index in [9.17, 15) is 0 Å². The zero-order valence-electron chi connectivity index (χ0n) is 18.8. The van der Waals surface area contributed by atoms with Gasteiger partial charge in [-0.25, -0.2) is 0 Å². The molecule has 1 unspecified atom stereocenters. The lowest BCUT2D eigenvalue weighted by Crippen LogP contribution is -2.53. The molecule has 164 valence electrons. The van der Waals surface area contributed by atoms with Gasteiger partial charge < -0.3 is 5.32 Å². The van der Waals surface area contributed by atoms with Crippen molar-refractivity contribution < 1.29 is 0 Å². The molecule has 0 fully saturated rings. The van der Waals surface area contributed by atoms with E-state index in [4.69, 9.17) is 23.2 Å². The second kappa shape index (κ2) is 9.40. The van der Waals surface area contributed by atoms with Crippen molar-refractivity contribution in [3.63, 3.8) is 0 Å². The van der Waals surface area contributed by atoms with E-state index in [1.165, 1.54) is 22.4 Å². The minimum atomic E-state index is 0.116. The van der Waals surface area contributed by atoms with E-state index in [1.807, 2.05) is 24.3 Å². The van der Waals surface area contributed by atoms with Gasteiger partial charge in [0.15, 0.2) is 0 Å². The van der Waals surface area contributed by atoms with Crippen molar-refractivity contribution in [1.29, 1.82) is 0 Å². The van der Waals surface area contributed by atoms with Crippen molar-refractivity contribution in [2.24, 2.45) is 0 Å². The summed E-state index contributed by atoms with van der Waals surface area (Å²) in [6.45, 7) is 8.84. The number of nitrogens with one attached hydrogen (secondary N) is 1. The molecule has 0 bridgehead atoms. The third kappa shape index (κ3) is 4.72. The second-order valence-corrected chi connectivity index (χ2v) is 9.93. The Bertz CT molecular complexity index is 1020. The lowest BCUT2D eigenvalue weighted by molar-refractivity contribution is 0.0926. The molecular formula is C27H32Cl2N2. The summed E-state index contributed by atoms with van der Waals surface area (Å²) in [6, 6.07) is 14.4. The van der Waals surface area contributed by atoms with Crippen LogP contribution < -0.4 is 5.32 Å². The summed E-state index contributed by atoms with van der Waals surface area (Å²) in [7, 11) is 0. The van der Waals surface area contributed by atoms with E-state index >= 15 is 0 Å². The number of benzene rings is 2. The monoisotopic (exact) mass is 454 g/mol. The largest absolute Gasteiger partial charge is 0.358 e. The summed E-state index contributed by atoms with van der Waals surface area (Å²) >= 11 is 13.1. The van der Waals surface area contributed by atoms with Crippen molar-refractivity contribution in [1.82, 2.24) is 10.2 Å². The van der Waals surface area contributed by atoms with Gasteiger partial charge in [0.05, 0.1) is 0 Å². The number of nitrogens with zero attached hydrogens (tertiary/aromatic N) is 1. The van der Waals surface area contributed by atoms with Crippen LogP contribution in [-0.4, -0.2) is 23.5 Å². The molecule has 4 rings (SSSR count). The average molecular weight is 455 g/mol. The van der Waals surface area contributed by atoms with E-state index in [0.717, 1.165) is 66.5 Å². The van der Waals surface area contributed by atoms with Crippen LogP contribution in [0.15, 0.2) is 59.8 Å². The highest BCUT2D eigenvalue weighted by molar-refractivity contribution is 6.32. The molecule has 1 aliphatic heterocycles. The molecule has 1 aliphatic carbocycles. The smallest absolute Gasteiger partial charge is 0.0499 e. The average Bonchev–Trinajstić information content (AvgIpc) is 2.76. The molecule has 1 N–H and O–H groups in total. The van der Waals surface area contributed by atoms with E-state index in [0.29, 0.717) is 0 Å². The molecule has 0 saturated carbocycles. The standard InChI is InChI=1S/C27H32Cl2N2/c1-4-8-25(21-10-5-6-11-23(21)28)30-26-18-31(16-14-19(26)2)27(3)15-13-20-9-7-12-24(29)22(20)17-27/h5-12,30H,4,13-18H2,1-3H3/b25-8+. The van der Waals surface area contributed by atoms with Crippen molar-refractivity contribution in [2.75, 3.05) is 13.1 Å². The molecule has 0 saturated heterocycles. The van der Waals surface area contributed by atoms with Crippen LogP contribution in [0.4, 0.5) is 0 Å². The first-order valence-corrected chi connectivity index (χ1v) is 12.1. The van der Waals surface area contributed by atoms with Crippen LogP contribution in [0, 0.1) is 0 Å². The van der Waals surface area contributed by atoms with E-state index in [2.05, 4.69) is 55.3 Å². The number of hydrogen-bond donors (Lipinski definition) is 1. The fourth-order valence-electron chi connectivity index (χ4n) is 4.92. The molecule has 4 heteroatoms. The highest BCUT2D eigenvalue weighted by atomic mass is 35.5. The van der Waals surface area contributed by atoms with Gasteiger partial charge in [0, 0.05) is 45.6 Å². The fourth-order valence-corrected chi connectivity index (χ4v) is 5.42. The zero-order chi connectivity index (χ0) is 22.0. The third-order valence-corrected chi connectivity index (χ3v) is 7.63. The Kier molecular flexibility index (Phi) is 6.81. The second-order valence-electron chi connectivity index (χ2n) is 9.11. The summed E-state index contributed by atoms with van der Waals surface area (Å²) in [5.41, 5.74) is 7.77. The molecule has 0 amide bonds. The molecule has 2 aromatic carbocycles. The van der Waals surface area contributed by atoms with Crippen LogP contribution in [0.2, 0.25) is 10.0 Å². The normalized spacial score (nSPS) is 22.4. The minimum absolute atomic E-state index is 0.116. The lowest BCUT2D eigenvalue weighted by Gasteiger charge is -2.47. The number of aryl methyl sites for hydroxylation is 1. The molecule has 0 spiro atoms. The summed E-state index contributed by atoms with van der Waals surface area (Å²) in [5.74, 6) is 0. The maximum atomic E-state index is 6.59. The van der Waals surface area contributed by atoms with Crippen LogP contribution in [0.5, 0.6) is 0 Å². The zero-order valence-corrected chi connectivity index (χ0v) is 20.3. The van der Waals surface area contributed by atoms with Crippen LogP contribution in [0.25, 0.3) is 5.70 Å².